The Balaban J connectivity index is 1.44. The molecule has 25 heavy (non-hydrogen) atoms. The molecule has 7 nitrogen and oxygen atoms in total. The van der Waals surface area contributed by atoms with Crippen LogP contribution >= 0.6 is 0 Å². The quantitative estimate of drug-likeness (QED) is 0.773. The molecule has 1 N–H and O–H groups in total. The number of hydrogen-bond donors (Lipinski definition) is 1. The maximum Gasteiger partial charge on any atom is 0.276 e. The normalized spacial score (nSPS) is 14.7. The molecule has 1 fully saturated rings. The van der Waals surface area contributed by atoms with Crippen molar-refractivity contribution in [2.24, 2.45) is 0 Å². The highest BCUT2D eigenvalue weighted by Crippen LogP contribution is 2.32. The number of carbonyl (C=O) groups is 1. The lowest BCUT2D eigenvalue weighted by Gasteiger charge is -2.11. The lowest BCUT2D eigenvalue weighted by atomic mass is 10.2. The minimum atomic E-state index is -0.164. The zero-order valence-electron chi connectivity index (χ0n) is 13.8. The summed E-state index contributed by atoms with van der Waals surface area (Å²) < 4.78 is 7.35. The van der Waals surface area contributed by atoms with Crippen molar-refractivity contribution in [1.29, 1.82) is 0 Å². The van der Waals surface area contributed by atoms with E-state index in [1.165, 1.54) is 12.8 Å². The van der Waals surface area contributed by atoms with Crippen molar-refractivity contribution in [3.63, 3.8) is 0 Å². The predicted octanol–water partition coefficient (Wildman–Crippen LogP) is 2.98. The molecule has 2 heterocycles. The molecule has 1 saturated carbocycles. The van der Waals surface area contributed by atoms with Gasteiger partial charge < -0.3 is 9.84 Å². The number of hydrogen-bond acceptors (Lipinski definition) is 5. The third kappa shape index (κ3) is 3.31. The van der Waals surface area contributed by atoms with Crippen LogP contribution in [0.3, 0.4) is 0 Å². The smallest absolute Gasteiger partial charge is 0.276 e. The molecular formula is C18H19N5O2. The van der Waals surface area contributed by atoms with Gasteiger partial charge in [0.2, 0.25) is 0 Å². The van der Waals surface area contributed by atoms with Gasteiger partial charge in [0.15, 0.2) is 5.82 Å². The standard InChI is InChI=1S/C18H19N5O2/c24-17(13-6-2-1-3-7-13)19-12-16-21-18(25-22-16)15-10-11-20-23(15)14-8-4-5-9-14/h1-3,6-7,10-11,14H,4-5,8-9,12H2,(H,19,24). The number of rotatable bonds is 5. The number of nitrogens with zero attached hydrogens (tertiary/aromatic N) is 4. The summed E-state index contributed by atoms with van der Waals surface area (Å²) in [5, 5.41) is 11.2. The van der Waals surface area contributed by atoms with E-state index in [-0.39, 0.29) is 12.5 Å². The van der Waals surface area contributed by atoms with Gasteiger partial charge in [0.1, 0.15) is 5.69 Å². The van der Waals surface area contributed by atoms with Gasteiger partial charge in [0.25, 0.3) is 11.8 Å². The summed E-state index contributed by atoms with van der Waals surface area (Å²) in [7, 11) is 0. The van der Waals surface area contributed by atoms with Crippen molar-refractivity contribution in [3.05, 3.63) is 54.0 Å². The first kappa shape index (κ1) is 15.6. The summed E-state index contributed by atoms with van der Waals surface area (Å²) in [6.45, 7) is 0.217. The second-order valence-corrected chi connectivity index (χ2v) is 6.16. The Kier molecular flexibility index (Phi) is 4.28. The Morgan fingerprint density at radius 2 is 2.00 bits per heavy atom. The van der Waals surface area contributed by atoms with Crippen LogP contribution in [0, 0.1) is 0 Å². The third-order valence-corrected chi connectivity index (χ3v) is 4.47. The molecule has 0 spiro atoms. The van der Waals surface area contributed by atoms with Crippen LogP contribution in [0.15, 0.2) is 47.1 Å². The van der Waals surface area contributed by atoms with Crippen molar-refractivity contribution in [2.75, 3.05) is 0 Å². The van der Waals surface area contributed by atoms with E-state index in [2.05, 4.69) is 20.6 Å². The van der Waals surface area contributed by atoms with Crippen molar-refractivity contribution in [2.45, 2.75) is 38.3 Å². The molecule has 4 rings (SSSR count). The summed E-state index contributed by atoms with van der Waals surface area (Å²) in [5.41, 5.74) is 1.44. The van der Waals surface area contributed by atoms with Crippen LogP contribution in [0.2, 0.25) is 0 Å². The number of amides is 1. The molecule has 1 aliphatic rings. The second-order valence-electron chi connectivity index (χ2n) is 6.16. The van der Waals surface area contributed by atoms with Crippen LogP contribution in [-0.2, 0) is 6.54 Å². The summed E-state index contributed by atoms with van der Waals surface area (Å²) in [6, 6.07) is 11.3. The van der Waals surface area contributed by atoms with Gasteiger partial charge in [-0.2, -0.15) is 10.1 Å². The highest BCUT2D eigenvalue weighted by molar-refractivity contribution is 5.93. The van der Waals surface area contributed by atoms with Gasteiger partial charge in [-0.1, -0.05) is 36.2 Å². The van der Waals surface area contributed by atoms with E-state index in [1.807, 2.05) is 28.9 Å². The number of carbonyl (C=O) groups excluding carboxylic acids is 1. The van der Waals surface area contributed by atoms with Crippen molar-refractivity contribution in [1.82, 2.24) is 25.2 Å². The summed E-state index contributed by atoms with van der Waals surface area (Å²) >= 11 is 0. The Hall–Kier alpha value is -2.96. The molecule has 1 aliphatic carbocycles. The van der Waals surface area contributed by atoms with E-state index in [0.717, 1.165) is 18.5 Å². The summed E-state index contributed by atoms with van der Waals surface area (Å²) in [4.78, 5) is 16.5. The zero-order valence-corrected chi connectivity index (χ0v) is 13.8. The predicted molar refractivity (Wildman–Crippen MR) is 90.6 cm³/mol. The summed E-state index contributed by atoms with van der Waals surface area (Å²) in [6.07, 6.45) is 6.47. The van der Waals surface area contributed by atoms with Crippen molar-refractivity contribution >= 4 is 5.91 Å². The highest BCUT2D eigenvalue weighted by atomic mass is 16.5. The van der Waals surface area contributed by atoms with Gasteiger partial charge in [-0.3, -0.25) is 9.48 Å². The molecule has 128 valence electrons. The van der Waals surface area contributed by atoms with Crippen LogP contribution < -0.4 is 5.32 Å². The highest BCUT2D eigenvalue weighted by Gasteiger charge is 2.22. The van der Waals surface area contributed by atoms with Gasteiger partial charge >= 0.3 is 0 Å². The maximum absolute atomic E-state index is 12.1. The Labute approximate surface area is 145 Å². The van der Waals surface area contributed by atoms with Crippen LogP contribution in [-0.4, -0.2) is 25.8 Å². The minimum Gasteiger partial charge on any atom is -0.345 e. The monoisotopic (exact) mass is 337 g/mol. The van der Waals surface area contributed by atoms with Gasteiger partial charge in [0, 0.05) is 11.8 Å². The van der Waals surface area contributed by atoms with Gasteiger partial charge in [-0.25, -0.2) is 0 Å². The van der Waals surface area contributed by atoms with Crippen LogP contribution in [0.25, 0.3) is 11.6 Å². The van der Waals surface area contributed by atoms with E-state index in [4.69, 9.17) is 4.52 Å². The second kappa shape index (κ2) is 6.88. The Morgan fingerprint density at radius 1 is 1.20 bits per heavy atom. The molecule has 2 aromatic heterocycles. The number of aromatic nitrogens is 4. The largest absolute Gasteiger partial charge is 0.345 e. The Morgan fingerprint density at radius 3 is 2.80 bits per heavy atom. The average Bonchev–Trinajstić information content (AvgIpc) is 3.40. The van der Waals surface area contributed by atoms with Crippen LogP contribution in [0.5, 0.6) is 0 Å². The fourth-order valence-electron chi connectivity index (χ4n) is 3.20. The molecule has 1 aromatic carbocycles. The van der Waals surface area contributed by atoms with E-state index < -0.39 is 0 Å². The first-order valence-electron chi connectivity index (χ1n) is 8.51. The first-order chi connectivity index (χ1) is 12.3. The molecule has 0 saturated heterocycles. The van der Waals surface area contributed by atoms with Crippen molar-refractivity contribution < 1.29 is 9.32 Å². The zero-order chi connectivity index (χ0) is 17.1. The van der Waals surface area contributed by atoms with E-state index in [1.54, 1.807) is 18.3 Å². The maximum atomic E-state index is 12.1. The third-order valence-electron chi connectivity index (χ3n) is 4.47. The van der Waals surface area contributed by atoms with Crippen molar-refractivity contribution in [3.8, 4) is 11.6 Å². The molecule has 7 heteroatoms. The number of benzene rings is 1. The van der Waals surface area contributed by atoms with E-state index in [0.29, 0.717) is 23.3 Å². The van der Waals surface area contributed by atoms with Gasteiger partial charge in [-0.15, -0.1) is 0 Å². The SMILES string of the molecule is O=C(NCc1noc(-c2ccnn2C2CCCC2)n1)c1ccccc1. The van der Waals surface area contributed by atoms with Crippen LogP contribution in [0.4, 0.5) is 0 Å². The van der Waals surface area contributed by atoms with E-state index >= 15 is 0 Å². The molecular weight excluding hydrogens is 318 g/mol. The molecule has 0 atom stereocenters. The molecule has 0 aliphatic heterocycles. The average molecular weight is 337 g/mol. The molecule has 0 radical (unpaired) electrons. The molecule has 0 unspecified atom stereocenters. The van der Waals surface area contributed by atoms with Gasteiger partial charge in [0.05, 0.1) is 12.6 Å². The minimum absolute atomic E-state index is 0.164. The van der Waals surface area contributed by atoms with Gasteiger partial charge in [-0.05, 0) is 31.0 Å². The Bertz CT molecular complexity index is 849. The topological polar surface area (TPSA) is 85.8 Å². The molecule has 3 aromatic rings. The van der Waals surface area contributed by atoms with E-state index in [9.17, 15) is 4.79 Å². The fourth-order valence-corrected chi connectivity index (χ4v) is 3.20. The lowest BCUT2D eigenvalue weighted by molar-refractivity contribution is 0.0949. The number of nitrogens with one attached hydrogen (secondary N) is 1. The van der Waals surface area contributed by atoms with Crippen LogP contribution in [0.1, 0.15) is 47.9 Å². The first-order valence-corrected chi connectivity index (χ1v) is 8.51. The molecule has 1 amide bonds. The summed E-state index contributed by atoms with van der Waals surface area (Å²) in [5.74, 6) is 0.717. The fraction of sp³-hybridized carbons (Fsp3) is 0.333. The molecule has 0 bridgehead atoms. The lowest BCUT2D eigenvalue weighted by Crippen LogP contribution is -2.23.